The third-order valence-corrected chi connectivity index (χ3v) is 4.29. The van der Waals surface area contributed by atoms with Crippen LogP contribution in [0.25, 0.3) is 11.8 Å². The maximum Gasteiger partial charge on any atom is 0.335 e. The second kappa shape index (κ2) is 8.62. The van der Waals surface area contributed by atoms with E-state index in [1.807, 2.05) is 6.92 Å². The van der Waals surface area contributed by atoms with Crippen LogP contribution in [0.4, 0.5) is 0 Å². The minimum atomic E-state index is -0.972. The first-order chi connectivity index (χ1) is 13.9. The van der Waals surface area contributed by atoms with E-state index >= 15 is 0 Å². The molecule has 0 aliphatic heterocycles. The Morgan fingerprint density at radius 3 is 2.41 bits per heavy atom. The number of carbonyl (C=O) groups excluding carboxylic acids is 1. The van der Waals surface area contributed by atoms with Gasteiger partial charge < -0.3 is 9.84 Å². The van der Waals surface area contributed by atoms with Crippen molar-refractivity contribution in [3.05, 3.63) is 91.6 Å². The van der Waals surface area contributed by atoms with Crippen LogP contribution in [-0.4, -0.2) is 27.0 Å². The van der Waals surface area contributed by atoms with Crippen molar-refractivity contribution in [2.75, 3.05) is 6.61 Å². The molecule has 3 aromatic rings. The van der Waals surface area contributed by atoms with Gasteiger partial charge >= 0.3 is 5.69 Å². The number of hydrogen-bond donors (Lipinski definition) is 2. The van der Waals surface area contributed by atoms with Gasteiger partial charge in [-0.15, -0.1) is 0 Å². The number of nitrogens with one attached hydrogen (secondary N) is 1. The summed E-state index contributed by atoms with van der Waals surface area (Å²) in [6.07, 6.45) is 2.62. The highest BCUT2D eigenvalue weighted by atomic mass is 35.5. The summed E-state index contributed by atoms with van der Waals surface area (Å²) in [5, 5.41) is 11.1. The lowest BCUT2D eigenvalue weighted by molar-refractivity contribution is 0.104. The fraction of sp³-hybridized carbons (Fsp3) is 0.0952. The van der Waals surface area contributed by atoms with Crippen LogP contribution in [-0.2, 0) is 0 Å². The molecule has 0 aliphatic carbocycles. The predicted octanol–water partition coefficient (Wildman–Crippen LogP) is 3.18. The molecule has 0 fully saturated rings. The van der Waals surface area contributed by atoms with Crippen LogP contribution in [0, 0.1) is 0 Å². The van der Waals surface area contributed by atoms with E-state index in [1.165, 1.54) is 18.2 Å². The van der Waals surface area contributed by atoms with Gasteiger partial charge in [-0.05, 0) is 55.0 Å². The maximum atomic E-state index is 12.5. The first-order valence-corrected chi connectivity index (χ1v) is 9.08. The average molecular weight is 413 g/mol. The Balaban J connectivity index is 2.00. The van der Waals surface area contributed by atoms with Crippen LogP contribution in [0.3, 0.4) is 0 Å². The molecule has 0 saturated carbocycles. The van der Waals surface area contributed by atoms with Gasteiger partial charge in [-0.1, -0.05) is 29.8 Å². The van der Waals surface area contributed by atoms with Crippen molar-refractivity contribution in [3.8, 4) is 17.3 Å². The average Bonchev–Trinajstić information content (AvgIpc) is 2.68. The first-order valence-electron chi connectivity index (χ1n) is 8.70. The molecule has 0 saturated heterocycles. The number of aromatic nitrogens is 2. The molecule has 0 amide bonds. The van der Waals surface area contributed by atoms with Crippen molar-refractivity contribution in [2.24, 2.45) is 0 Å². The summed E-state index contributed by atoms with van der Waals surface area (Å²) in [6, 6.07) is 13.0. The first kappa shape index (κ1) is 20.2. The van der Waals surface area contributed by atoms with Crippen molar-refractivity contribution >= 4 is 23.5 Å². The van der Waals surface area contributed by atoms with Crippen LogP contribution in [0.15, 0.2) is 64.2 Å². The predicted molar refractivity (Wildman–Crippen MR) is 110 cm³/mol. The van der Waals surface area contributed by atoms with Gasteiger partial charge in [0, 0.05) is 5.02 Å². The Morgan fingerprint density at radius 1 is 1.14 bits per heavy atom. The summed E-state index contributed by atoms with van der Waals surface area (Å²) in [5.41, 5.74) is -1.43. The van der Waals surface area contributed by atoms with Gasteiger partial charge in [0.15, 0.2) is 5.78 Å². The zero-order valence-electron chi connectivity index (χ0n) is 15.4. The highest BCUT2D eigenvalue weighted by Crippen LogP contribution is 2.20. The van der Waals surface area contributed by atoms with Crippen molar-refractivity contribution in [1.29, 1.82) is 0 Å². The van der Waals surface area contributed by atoms with Crippen LogP contribution >= 0.6 is 11.6 Å². The Hall–Kier alpha value is -3.58. The van der Waals surface area contributed by atoms with Crippen LogP contribution < -0.4 is 16.0 Å². The lowest BCUT2D eigenvalue weighted by Gasteiger charge is -2.11. The molecule has 0 atom stereocenters. The van der Waals surface area contributed by atoms with Gasteiger partial charge in [0.2, 0.25) is 5.88 Å². The number of aromatic amines is 1. The van der Waals surface area contributed by atoms with E-state index in [1.54, 1.807) is 36.4 Å². The summed E-state index contributed by atoms with van der Waals surface area (Å²) in [6.45, 7) is 2.31. The van der Waals surface area contributed by atoms with Gasteiger partial charge in [-0.2, -0.15) is 0 Å². The standard InChI is InChI=1S/C21H17ClN2O5/c1-2-29-16-10-8-15(9-11-16)24-20(27)18(19(26)23-21(24)28)17(25)12-5-13-3-6-14(22)7-4-13/h3-12,27H,2H2,1H3,(H,23,26,28)/b12-5+. The number of hydrogen-bond acceptors (Lipinski definition) is 5. The van der Waals surface area contributed by atoms with Crippen molar-refractivity contribution < 1.29 is 14.6 Å². The molecule has 2 aromatic carbocycles. The quantitative estimate of drug-likeness (QED) is 0.478. The topological polar surface area (TPSA) is 101 Å². The minimum Gasteiger partial charge on any atom is -0.494 e. The molecular formula is C21H17ClN2O5. The molecule has 1 aromatic heterocycles. The number of carbonyl (C=O) groups is 1. The zero-order chi connectivity index (χ0) is 21.0. The molecule has 0 unspecified atom stereocenters. The molecule has 1 heterocycles. The Kier molecular flexibility index (Phi) is 5.99. The minimum absolute atomic E-state index is 0.267. The van der Waals surface area contributed by atoms with Gasteiger partial charge in [0.25, 0.3) is 5.56 Å². The number of H-pyrrole nitrogens is 1. The number of halogens is 1. The van der Waals surface area contributed by atoms with E-state index in [2.05, 4.69) is 4.98 Å². The summed E-state index contributed by atoms with van der Waals surface area (Å²) in [5.74, 6) is -0.914. The summed E-state index contributed by atoms with van der Waals surface area (Å²) in [4.78, 5) is 39.0. The van der Waals surface area contributed by atoms with E-state index in [4.69, 9.17) is 16.3 Å². The molecular weight excluding hydrogens is 396 g/mol. The van der Waals surface area contributed by atoms with Gasteiger partial charge in [0.1, 0.15) is 11.3 Å². The Labute approximate surface area is 170 Å². The third-order valence-electron chi connectivity index (χ3n) is 4.04. The molecule has 0 bridgehead atoms. The molecule has 8 heteroatoms. The van der Waals surface area contributed by atoms with Gasteiger partial charge in [0.05, 0.1) is 12.3 Å². The monoisotopic (exact) mass is 412 g/mol. The number of ether oxygens (including phenoxy) is 1. The number of aromatic hydroxyl groups is 1. The molecule has 2 N–H and O–H groups in total. The van der Waals surface area contributed by atoms with E-state index < -0.39 is 28.5 Å². The second-order valence-corrected chi connectivity index (χ2v) is 6.41. The Morgan fingerprint density at radius 2 is 1.79 bits per heavy atom. The van der Waals surface area contributed by atoms with Gasteiger partial charge in [-0.25, -0.2) is 9.36 Å². The number of benzene rings is 2. The largest absolute Gasteiger partial charge is 0.494 e. The SMILES string of the molecule is CCOc1ccc(-n2c(O)c(C(=O)/C=C/c3ccc(Cl)cc3)c(=O)[nH]c2=O)cc1. The highest BCUT2D eigenvalue weighted by molar-refractivity contribution is 6.30. The summed E-state index contributed by atoms with van der Waals surface area (Å²) < 4.78 is 6.19. The van der Waals surface area contributed by atoms with Gasteiger partial charge in [-0.3, -0.25) is 14.6 Å². The fourth-order valence-corrected chi connectivity index (χ4v) is 2.80. The number of ketones is 1. The smallest absolute Gasteiger partial charge is 0.335 e. The molecule has 0 aliphatic rings. The van der Waals surface area contributed by atoms with E-state index in [0.717, 1.165) is 10.6 Å². The van der Waals surface area contributed by atoms with E-state index in [-0.39, 0.29) is 5.69 Å². The highest BCUT2D eigenvalue weighted by Gasteiger charge is 2.20. The van der Waals surface area contributed by atoms with Crippen LogP contribution in [0.5, 0.6) is 11.6 Å². The number of nitrogens with zero attached hydrogens (tertiary/aromatic N) is 1. The van der Waals surface area contributed by atoms with Crippen molar-refractivity contribution in [1.82, 2.24) is 9.55 Å². The molecule has 3 rings (SSSR count). The molecule has 7 nitrogen and oxygen atoms in total. The van der Waals surface area contributed by atoms with Crippen molar-refractivity contribution in [3.63, 3.8) is 0 Å². The molecule has 0 radical (unpaired) electrons. The van der Waals surface area contributed by atoms with Crippen molar-refractivity contribution in [2.45, 2.75) is 6.92 Å². The van der Waals surface area contributed by atoms with E-state index in [0.29, 0.717) is 22.9 Å². The molecule has 148 valence electrons. The van der Waals surface area contributed by atoms with Crippen LogP contribution in [0.1, 0.15) is 22.8 Å². The lowest BCUT2D eigenvalue weighted by Crippen LogP contribution is -2.32. The third kappa shape index (κ3) is 4.47. The lowest BCUT2D eigenvalue weighted by atomic mass is 10.1. The van der Waals surface area contributed by atoms with Crippen LogP contribution in [0.2, 0.25) is 5.02 Å². The Bertz CT molecular complexity index is 1180. The normalized spacial score (nSPS) is 11.0. The summed E-state index contributed by atoms with van der Waals surface area (Å²) in [7, 11) is 0. The summed E-state index contributed by atoms with van der Waals surface area (Å²) >= 11 is 5.82. The molecule has 0 spiro atoms. The molecule has 29 heavy (non-hydrogen) atoms. The number of allylic oxidation sites excluding steroid dienone is 1. The maximum absolute atomic E-state index is 12.5. The zero-order valence-corrected chi connectivity index (χ0v) is 16.1. The number of rotatable bonds is 6. The second-order valence-electron chi connectivity index (χ2n) is 5.97. The van der Waals surface area contributed by atoms with E-state index in [9.17, 15) is 19.5 Å². The fourth-order valence-electron chi connectivity index (χ4n) is 2.67.